The molecule has 132 valence electrons. The molecule has 0 heterocycles. The van der Waals surface area contributed by atoms with Gasteiger partial charge in [-0.25, -0.2) is 9.59 Å². The summed E-state index contributed by atoms with van der Waals surface area (Å²) in [5.74, 6) is -1.14. The van der Waals surface area contributed by atoms with Gasteiger partial charge in [0.1, 0.15) is 18.4 Å². The van der Waals surface area contributed by atoms with Crippen molar-refractivity contribution >= 4 is 35.3 Å². The highest BCUT2D eigenvalue weighted by Gasteiger charge is 2.21. The minimum Gasteiger partial charge on any atom is -0.508 e. The van der Waals surface area contributed by atoms with E-state index in [0.29, 0.717) is 21.2 Å². The summed E-state index contributed by atoms with van der Waals surface area (Å²) in [6.07, 6.45) is -0.862. The summed E-state index contributed by atoms with van der Waals surface area (Å²) >= 11 is 12.0. The van der Waals surface area contributed by atoms with E-state index >= 15 is 0 Å². The molecule has 8 heteroatoms. The Kier molecular flexibility index (Phi) is 6.50. The van der Waals surface area contributed by atoms with Gasteiger partial charge in [-0.15, -0.1) is 0 Å². The van der Waals surface area contributed by atoms with E-state index in [1.165, 1.54) is 12.1 Å². The second-order valence-electron chi connectivity index (χ2n) is 5.18. The lowest BCUT2D eigenvalue weighted by atomic mass is 10.1. The van der Waals surface area contributed by atoms with Crippen LogP contribution in [0, 0.1) is 0 Å². The van der Waals surface area contributed by atoms with Crippen molar-refractivity contribution in [3.63, 3.8) is 0 Å². The minimum atomic E-state index is -1.21. The SMILES string of the molecule is O=C(N[C@@H](Cc1ccc(O)cc1)C(=O)O)OCc1c(Cl)cccc1Cl. The fourth-order valence-corrected chi connectivity index (χ4v) is 2.57. The van der Waals surface area contributed by atoms with Gasteiger partial charge in [0.25, 0.3) is 0 Å². The largest absolute Gasteiger partial charge is 0.508 e. The maximum absolute atomic E-state index is 11.9. The lowest BCUT2D eigenvalue weighted by Gasteiger charge is -2.15. The molecule has 2 aromatic carbocycles. The van der Waals surface area contributed by atoms with Gasteiger partial charge in [0.05, 0.1) is 0 Å². The van der Waals surface area contributed by atoms with Crippen LogP contribution in [-0.4, -0.2) is 28.3 Å². The Labute approximate surface area is 153 Å². The first kappa shape index (κ1) is 18.9. The molecule has 0 bridgehead atoms. The van der Waals surface area contributed by atoms with Crippen molar-refractivity contribution < 1.29 is 24.5 Å². The number of hydrogen-bond donors (Lipinski definition) is 3. The van der Waals surface area contributed by atoms with Crippen molar-refractivity contribution in [2.24, 2.45) is 0 Å². The predicted octanol–water partition coefficient (Wildman–Crippen LogP) is 3.62. The van der Waals surface area contributed by atoms with E-state index in [4.69, 9.17) is 27.9 Å². The fourth-order valence-electron chi connectivity index (χ4n) is 2.06. The Morgan fingerprint density at radius 2 is 1.68 bits per heavy atom. The average Bonchev–Trinajstić information content (AvgIpc) is 2.55. The number of hydrogen-bond acceptors (Lipinski definition) is 4. The zero-order valence-electron chi connectivity index (χ0n) is 12.9. The molecule has 0 radical (unpaired) electrons. The van der Waals surface area contributed by atoms with Crippen molar-refractivity contribution in [1.82, 2.24) is 5.32 Å². The van der Waals surface area contributed by atoms with E-state index in [0.717, 1.165) is 0 Å². The summed E-state index contributed by atoms with van der Waals surface area (Å²) in [4.78, 5) is 23.2. The average molecular weight is 384 g/mol. The van der Waals surface area contributed by atoms with Crippen molar-refractivity contribution in [3.8, 4) is 5.75 Å². The number of alkyl carbamates (subject to hydrolysis) is 1. The highest BCUT2D eigenvalue weighted by molar-refractivity contribution is 6.35. The lowest BCUT2D eigenvalue weighted by molar-refractivity contribution is -0.139. The van der Waals surface area contributed by atoms with E-state index in [1.807, 2.05) is 0 Å². The number of carboxylic acids is 1. The summed E-state index contributed by atoms with van der Waals surface area (Å²) in [5, 5.41) is 21.5. The molecule has 6 nitrogen and oxygen atoms in total. The number of amides is 1. The first-order chi connectivity index (χ1) is 11.9. The predicted molar refractivity (Wildman–Crippen MR) is 93.0 cm³/mol. The van der Waals surface area contributed by atoms with Gasteiger partial charge < -0.3 is 20.3 Å². The monoisotopic (exact) mass is 383 g/mol. The minimum absolute atomic E-state index is 0.0392. The number of halogens is 2. The number of aliphatic carboxylic acids is 1. The van der Waals surface area contributed by atoms with Gasteiger partial charge in [0.15, 0.2) is 0 Å². The Morgan fingerprint density at radius 3 is 2.24 bits per heavy atom. The summed E-state index contributed by atoms with van der Waals surface area (Å²) < 4.78 is 5.00. The molecule has 0 aliphatic carbocycles. The van der Waals surface area contributed by atoms with Crippen molar-refractivity contribution in [3.05, 3.63) is 63.6 Å². The van der Waals surface area contributed by atoms with E-state index < -0.39 is 18.1 Å². The van der Waals surface area contributed by atoms with Gasteiger partial charge in [-0.05, 0) is 29.8 Å². The summed E-state index contributed by atoms with van der Waals surface area (Å²) in [6, 6.07) is 9.70. The number of carbonyl (C=O) groups is 2. The van der Waals surface area contributed by atoms with Gasteiger partial charge in [0.2, 0.25) is 0 Å². The van der Waals surface area contributed by atoms with Crippen molar-refractivity contribution in [2.45, 2.75) is 19.1 Å². The molecule has 1 atom stereocenters. The zero-order valence-corrected chi connectivity index (χ0v) is 14.4. The van der Waals surface area contributed by atoms with Crippen molar-refractivity contribution in [1.29, 1.82) is 0 Å². The van der Waals surface area contributed by atoms with Crippen LogP contribution in [0.4, 0.5) is 4.79 Å². The molecular weight excluding hydrogens is 369 g/mol. The summed E-state index contributed by atoms with van der Waals surface area (Å²) in [6.45, 7) is -0.185. The third-order valence-corrected chi connectivity index (χ3v) is 4.08. The third-order valence-electron chi connectivity index (χ3n) is 3.38. The maximum atomic E-state index is 11.9. The molecule has 2 aromatic rings. The standard InChI is InChI=1S/C17H15Cl2NO5/c18-13-2-1-3-14(19)12(13)9-25-17(24)20-15(16(22)23)8-10-4-6-11(21)7-5-10/h1-7,15,21H,8-9H2,(H,20,24)(H,22,23)/t15-/m0/s1. The van der Waals surface area contributed by atoms with Crippen LogP contribution in [0.1, 0.15) is 11.1 Å². The van der Waals surface area contributed by atoms with Gasteiger partial charge in [-0.3, -0.25) is 0 Å². The van der Waals surface area contributed by atoms with E-state index in [2.05, 4.69) is 5.32 Å². The van der Waals surface area contributed by atoms with Crippen LogP contribution in [0.15, 0.2) is 42.5 Å². The molecule has 0 saturated carbocycles. The highest BCUT2D eigenvalue weighted by atomic mass is 35.5. The first-order valence-corrected chi connectivity index (χ1v) is 7.99. The number of aromatic hydroxyl groups is 1. The molecule has 3 N–H and O–H groups in total. The van der Waals surface area contributed by atoms with Gasteiger partial charge in [-0.2, -0.15) is 0 Å². The molecule has 0 fully saturated rings. The van der Waals surface area contributed by atoms with Crippen LogP contribution in [0.5, 0.6) is 5.75 Å². The number of phenolic OH excluding ortho intramolecular Hbond substituents is 1. The zero-order chi connectivity index (χ0) is 18.4. The number of ether oxygens (including phenoxy) is 1. The quantitative estimate of drug-likeness (QED) is 0.707. The smallest absolute Gasteiger partial charge is 0.408 e. The normalized spacial score (nSPS) is 11.6. The molecule has 0 aliphatic heterocycles. The lowest BCUT2D eigenvalue weighted by Crippen LogP contribution is -2.42. The molecule has 0 unspecified atom stereocenters. The molecule has 2 rings (SSSR count). The topological polar surface area (TPSA) is 95.9 Å². The van der Waals surface area contributed by atoms with Gasteiger partial charge in [-0.1, -0.05) is 41.4 Å². The number of phenols is 1. The van der Waals surface area contributed by atoms with E-state index in [-0.39, 0.29) is 18.8 Å². The van der Waals surface area contributed by atoms with Crippen LogP contribution in [0.3, 0.4) is 0 Å². The number of benzene rings is 2. The second kappa shape index (κ2) is 8.60. The second-order valence-corrected chi connectivity index (χ2v) is 6.00. The Hall–Kier alpha value is -2.44. The summed E-state index contributed by atoms with van der Waals surface area (Å²) in [7, 11) is 0. The van der Waals surface area contributed by atoms with Gasteiger partial charge >= 0.3 is 12.1 Å². The molecule has 0 spiro atoms. The highest BCUT2D eigenvalue weighted by Crippen LogP contribution is 2.24. The fraction of sp³-hybridized carbons (Fsp3) is 0.176. The number of nitrogens with one attached hydrogen (secondary N) is 1. The number of rotatable bonds is 6. The van der Waals surface area contributed by atoms with Gasteiger partial charge in [0, 0.05) is 22.0 Å². The van der Waals surface area contributed by atoms with E-state index in [9.17, 15) is 19.8 Å². The van der Waals surface area contributed by atoms with Crippen LogP contribution in [0.25, 0.3) is 0 Å². The van der Waals surface area contributed by atoms with Crippen LogP contribution in [0.2, 0.25) is 10.0 Å². The molecular formula is C17H15Cl2NO5. The molecule has 0 aromatic heterocycles. The number of carboxylic acid groups (broad SMARTS) is 1. The Balaban J connectivity index is 1.96. The summed E-state index contributed by atoms with van der Waals surface area (Å²) in [5.41, 5.74) is 1.08. The molecule has 0 saturated heterocycles. The Morgan fingerprint density at radius 1 is 1.08 bits per heavy atom. The van der Waals surface area contributed by atoms with Crippen LogP contribution in [-0.2, 0) is 22.6 Å². The third kappa shape index (κ3) is 5.55. The maximum Gasteiger partial charge on any atom is 0.408 e. The molecule has 0 aliphatic rings. The molecule has 1 amide bonds. The van der Waals surface area contributed by atoms with E-state index in [1.54, 1.807) is 30.3 Å². The number of carbonyl (C=O) groups excluding carboxylic acids is 1. The molecule has 25 heavy (non-hydrogen) atoms. The van der Waals surface area contributed by atoms with Crippen molar-refractivity contribution in [2.75, 3.05) is 0 Å². The Bertz CT molecular complexity index is 744. The first-order valence-electron chi connectivity index (χ1n) is 7.23. The van der Waals surface area contributed by atoms with Crippen LogP contribution < -0.4 is 5.32 Å². The van der Waals surface area contributed by atoms with Crippen LogP contribution >= 0.6 is 23.2 Å².